The quantitative estimate of drug-likeness (QED) is 0.729. The average Bonchev–Trinajstić information content (AvgIpc) is 2.73. The first-order valence-corrected chi connectivity index (χ1v) is 10.2. The lowest BCUT2D eigenvalue weighted by atomic mass is 9.90. The Kier molecular flexibility index (Phi) is 6.86. The van der Waals surface area contributed by atoms with Crippen LogP contribution in [0.5, 0.6) is 0 Å². The number of piperidine rings is 1. The van der Waals surface area contributed by atoms with Crippen LogP contribution in [0.2, 0.25) is 0 Å². The standard InChI is InChI=1S/C23H31N3O/c1-3-4-14-25(2)21-10-11-22(24-18-21)23(27)26-15-12-20(13-16-26)17-19-8-6-5-7-9-19/h5-11,18,20H,3-4,12-17H2,1-2H3. The van der Waals surface area contributed by atoms with Crippen molar-refractivity contribution in [2.45, 2.75) is 39.0 Å². The normalized spacial score (nSPS) is 15.0. The maximum Gasteiger partial charge on any atom is 0.272 e. The van der Waals surface area contributed by atoms with Gasteiger partial charge in [0.05, 0.1) is 11.9 Å². The first-order chi connectivity index (χ1) is 13.2. The van der Waals surface area contributed by atoms with Crippen LogP contribution in [0.3, 0.4) is 0 Å². The predicted octanol–water partition coefficient (Wildman–Crippen LogP) is 4.41. The second kappa shape index (κ2) is 9.54. The third-order valence-corrected chi connectivity index (χ3v) is 5.52. The fourth-order valence-corrected chi connectivity index (χ4v) is 3.71. The number of hydrogen-bond donors (Lipinski definition) is 0. The number of carbonyl (C=O) groups is 1. The molecule has 2 heterocycles. The summed E-state index contributed by atoms with van der Waals surface area (Å²) in [5.41, 5.74) is 3.03. The number of likely N-dealkylation sites (tertiary alicyclic amines) is 1. The first kappa shape index (κ1) is 19.4. The van der Waals surface area contributed by atoms with E-state index in [1.54, 1.807) is 0 Å². The zero-order valence-electron chi connectivity index (χ0n) is 16.6. The molecule has 1 aromatic heterocycles. The van der Waals surface area contributed by atoms with Gasteiger partial charge in [0, 0.05) is 26.7 Å². The van der Waals surface area contributed by atoms with Gasteiger partial charge in [0.25, 0.3) is 5.91 Å². The van der Waals surface area contributed by atoms with Crippen molar-refractivity contribution in [1.82, 2.24) is 9.88 Å². The Labute approximate surface area is 163 Å². The number of unbranched alkanes of at least 4 members (excludes halogenated alkanes) is 1. The number of hydrogen-bond acceptors (Lipinski definition) is 3. The Bertz CT molecular complexity index is 706. The highest BCUT2D eigenvalue weighted by atomic mass is 16.2. The lowest BCUT2D eigenvalue weighted by molar-refractivity contribution is 0.0684. The van der Waals surface area contributed by atoms with Gasteiger partial charge < -0.3 is 9.80 Å². The number of benzene rings is 1. The zero-order valence-corrected chi connectivity index (χ0v) is 16.6. The van der Waals surface area contributed by atoms with Crippen LogP contribution < -0.4 is 4.90 Å². The Morgan fingerprint density at radius 3 is 2.52 bits per heavy atom. The molecule has 1 aliphatic heterocycles. The highest BCUT2D eigenvalue weighted by Crippen LogP contribution is 2.23. The topological polar surface area (TPSA) is 36.4 Å². The van der Waals surface area contributed by atoms with Crippen LogP contribution in [-0.4, -0.2) is 42.5 Å². The molecule has 0 unspecified atom stereocenters. The molecule has 0 spiro atoms. The number of carbonyl (C=O) groups excluding carboxylic acids is 1. The second-order valence-electron chi connectivity index (χ2n) is 7.60. The highest BCUT2D eigenvalue weighted by Gasteiger charge is 2.24. The molecule has 1 aliphatic rings. The monoisotopic (exact) mass is 365 g/mol. The van der Waals surface area contributed by atoms with E-state index in [4.69, 9.17) is 0 Å². The molecule has 2 aromatic rings. The summed E-state index contributed by atoms with van der Waals surface area (Å²) in [4.78, 5) is 21.4. The molecule has 144 valence electrons. The molecule has 1 amide bonds. The zero-order chi connectivity index (χ0) is 19.1. The fourth-order valence-electron chi connectivity index (χ4n) is 3.71. The van der Waals surface area contributed by atoms with Crippen molar-refractivity contribution >= 4 is 11.6 Å². The van der Waals surface area contributed by atoms with Gasteiger partial charge in [-0.05, 0) is 49.3 Å². The molecule has 0 saturated carbocycles. The van der Waals surface area contributed by atoms with Crippen LogP contribution in [0.25, 0.3) is 0 Å². The largest absolute Gasteiger partial charge is 0.373 e. The van der Waals surface area contributed by atoms with Gasteiger partial charge >= 0.3 is 0 Å². The second-order valence-corrected chi connectivity index (χ2v) is 7.60. The van der Waals surface area contributed by atoms with E-state index in [9.17, 15) is 4.79 Å². The Morgan fingerprint density at radius 1 is 1.15 bits per heavy atom. The van der Waals surface area contributed by atoms with Gasteiger partial charge in [-0.15, -0.1) is 0 Å². The molecule has 0 radical (unpaired) electrons. The Morgan fingerprint density at radius 2 is 1.89 bits per heavy atom. The maximum atomic E-state index is 12.8. The van der Waals surface area contributed by atoms with Crippen molar-refractivity contribution in [3.8, 4) is 0 Å². The molecule has 27 heavy (non-hydrogen) atoms. The van der Waals surface area contributed by atoms with Crippen LogP contribution in [0.1, 0.15) is 48.7 Å². The molecular formula is C23H31N3O. The van der Waals surface area contributed by atoms with Gasteiger partial charge in [0.2, 0.25) is 0 Å². The number of pyridine rings is 1. The van der Waals surface area contributed by atoms with E-state index in [1.807, 2.05) is 23.2 Å². The maximum absolute atomic E-state index is 12.8. The summed E-state index contributed by atoms with van der Waals surface area (Å²) in [5, 5.41) is 0. The summed E-state index contributed by atoms with van der Waals surface area (Å²) in [6.45, 7) is 4.86. The first-order valence-electron chi connectivity index (χ1n) is 10.2. The summed E-state index contributed by atoms with van der Waals surface area (Å²) in [6, 6.07) is 14.5. The number of nitrogens with zero attached hydrogens (tertiary/aromatic N) is 3. The van der Waals surface area contributed by atoms with Crippen molar-refractivity contribution in [3.05, 3.63) is 59.9 Å². The molecule has 1 fully saturated rings. The van der Waals surface area contributed by atoms with Gasteiger partial charge in [-0.25, -0.2) is 4.98 Å². The van der Waals surface area contributed by atoms with E-state index in [2.05, 4.69) is 54.2 Å². The number of rotatable bonds is 7. The molecule has 0 aliphatic carbocycles. The SMILES string of the molecule is CCCCN(C)c1ccc(C(=O)N2CCC(Cc3ccccc3)CC2)nc1. The number of anilines is 1. The summed E-state index contributed by atoms with van der Waals surface area (Å²) >= 11 is 0. The lowest BCUT2D eigenvalue weighted by Gasteiger charge is -2.32. The minimum atomic E-state index is 0.0657. The van der Waals surface area contributed by atoms with Gasteiger partial charge in [0.1, 0.15) is 5.69 Å². The van der Waals surface area contributed by atoms with E-state index in [0.29, 0.717) is 11.6 Å². The lowest BCUT2D eigenvalue weighted by Crippen LogP contribution is -2.39. The summed E-state index contributed by atoms with van der Waals surface area (Å²) < 4.78 is 0. The minimum Gasteiger partial charge on any atom is -0.373 e. The van der Waals surface area contributed by atoms with Crippen LogP contribution >= 0.6 is 0 Å². The minimum absolute atomic E-state index is 0.0657. The molecule has 0 atom stereocenters. The molecular weight excluding hydrogens is 334 g/mol. The van der Waals surface area contributed by atoms with Crippen molar-refractivity contribution < 1.29 is 4.79 Å². The van der Waals surface area contributed by atoms with Crippen molar-refractivity contribution in [2.24, 2.45) is 5.92 Å². The third-order valence-electron chi connectivity index (χ3n) is 5.52. The van der Waals surface area contributed by atoms with Crippen molar-refractivity contribution in [3.63, 3.8) is 0 Å². The molecule has 3 rings (SSSR count). The predicted molar refractivity (Wildman–Crippen MR) is 111 cm³/mol. The fraction of sp³-hybridized carbons (Fsp3) is 0.478. The van der Waals surface area contributed by atoms with E-state index in [1.165, 1.54) is 12.0 Å². The Hall–Kier alpha value is -2.36. The van der Waals surface area contributed by atoms with E-state index in [0.717, 1.165) is 51.0 Å². The molecule has 1 aromatic carbocycles. The van der Waals surface area contributed by atoms with Crippen LogP contribution in [0, 0.1) is 5.92 Å². The van der Waals surface area contributed by atoms with E-state index < -0.39 is 0 Å². The number of amides is 1. The van der Waals surface area contributed by atoms with Gasteiger partial charge in [-0.1, -0.05) is 43.7 Å². The average molecular weight is 366 g/mol. The molecule has 0 bridgehead atoms. The van der Waals surface area contributed by atoms with E-state index in [-0.39, 0.29) is 5.91 Å². The van der Waals surface area contributed by atoms with Crippen molar-refractivity contribution in [2.75, 3.05) is 31.6 Å². The number of aromatic nitrogens is 1. The Balaban J connectivity index is 1.51. The van der Waals surface area contributed by atoms with E-state index >= 15 is 0 Å². The third kappa shape index (κ3) is 5.31. The molecule has 4 heteroatoms. The van der Waals surface area contributed by atoms with Crippen LogP contribution in [-0.2, 0) is 6.42 Å². The molecule has 1 saturated heterocycles. The van der Waals surface area contributed by atoms with Gasteiger partial charge in [-0.3, -0.25) is 4.79 Å². The summed E-state index contributed by atoms with van der Waals surface area (Å²) in [5.74, 6) is 0.731. The molecule has 4 nitrogen and oxygen atoms in total. The van der Waals surface area contributed by atoms with Crippen LogP contribution in [0.4, 0.5) is 5.69 Å². The van der Waals surface area contributed by atoms with Crippen LogP contribution in [0.15, 0.2) is 48.7 Å². The smallest absolute Gasteiger partial charge is 0.272 e. The summed E-state index contributed by atoms with van der Waals surface area (Å²) in [7, 11) is 2.08. The highest BCUT2D eigenvalue weighted by molar-refractivity contribution is 5.92. The van der Waals surface area contributed by atoms with Gasteiger partial charge in [0.15, 0.2) is 0 Å². The molecule has 0 N–H and O–H groups in total. The summed E-state index contributed by atoms with van der Waals surface area (Å²) in [6.07, 6.45) is 7.41. The van der Waals surface area contributed by atoms with Gasteiger partial charge in [-0.2, -0.15) is 0 Å². The van der Waals surface area contributed by atoms with Crippen molar-refractivity contribution in [1.29, 1.82) is 0 Å².